The van der Waals surface area contributed by atoms with E-state index in [9.17, 15) is 0 Å². The molecule has 1 saturated heterocycles. The Labute approximate surface area is 194 Å². The first-order valence-corrected chi connectivity index (χ1v) is 10.9. The number of nitrogens with one attached hydrogen (secondary N) is 2. The molecule has 1 aliphatic heterocycles. The molecule has 0 bridgehead atoms. The lowest BCUT2D eigenvalue weighted by Crippen LogP contribution is -2.44. The molecule has 0 saturated carbocycles. The van der Waals surface area contributed by atoms with Crippen molar-refractivity contribution in [3.05, 3.63) is 40.2 Å². The van der Waals surface area contributed by atoms with Crippen molar-refractivity contribution < 1.29 is 9.15 Å². The van der Waals surface area contributed by atoms with Gasteiger partial charge >= 0.3 is 0 Å². The summed E-state index contributed by atoms with van der Waals surface area (Å²) in [6.45, 7) is 11.2. The summed E-state index contributed by atoms with van der Waals surface area (Å²) in [5.74, 6) is 2.24. The SMILES string of the molecule is CC(C)c1csc(CN=C(NCCc2ccco2)NCCN2CCOCC2)n1.I. The number of guanidine groups is 1. The van der Waals surface area contributed by atoms with E-state index < -0.39 is 0 Å². The Morgan fingerprint density at radius 3 is 2.76 bits per heavy atom. The maximum absolute atomic E-state index is 5.41. The van der Waals surface area contributed by atoms with Crippen LogP contribution in [0.5, 0.6) is 0 Å². The molecular formula is C20H32IN5O2S. The van der Waals surface area contributed by atoms with Crippen LogP contribution in [-0.4, -0.2) is 61.8 Å². The first-order chi connectivity index (χ1) is 13.7. The van der Waals surface area contributed by atoms with Crippen molar-refractivity contribution in [2.45, 2.75) is 32.7 Å². The van der Waals surface area contributed by atoms with Crippen LogP contribution in [0.2, 0.25) is 0 Å². The van der Waals surface area contributed by atoms with Crippen molar-refractivity contribution in [3.63, 3.8) is 0 Å². The number of halogens is 1. The fourth-order valence-electron chi connectivity index (χ4n) is 2.90. The lowest BCUT2D eigenvalue weighted by molar-refractivity contribution is 0.0389. The number of aromatic nitrogens is 1. The minimum atomic E-state index is 0. The first kappa shape index (κ1) is 24.1. The topological polar surface area (TPSA) is 74.9 Å². The Bertz CT molecular complexity index is 714. The molecule has 3 rings (SSSR count). The van der Waals surface area contributed by atoms with Gasteiger partial charge in [-0.25, -0.2) is 9.98 Å². The summed E-state index contributed by atoms with van der Waals surface area (Å²) < 4.78 is 10.8. The quantitative estimate of drug-likeness (QED) is 0.293. The van der Waals surface area contributed by atoms with Gasteiger partial charge in [0.2, 0.25) is 0 Å². The minimum absolute atomic E-state index is 0. The molecule has 3 heterocycles. The van der Waals surface area contributed by atoms with E-state index in [1.165, 1.54) is 0 Å². The van der Waals surface area contributed by atoms with E-state index in [0.717, 1.165) is 74.8 Å². The molecule has 1 aliphatic rings. The van der Waals surface area contributed by atoms with Gasteiger partial charge in [0.15, 0.2) is 5.96 Å². The second-order valence-corrected chi connectivity index (χ2v) is 8.07. The summed E-state index contributed by atoms with van der Waals surface area (Å²) in [5, 5.41) is 10.0. The van der Waals surface area contributed by atoms with Crippen LogP contribution in [-0.2, 0) is 17.7 Å². The summed E-state index contributed by atoms with van der Waals surface area (Å²) in [5.41, 5.74) is 1.14. The van der Waals surface area contributed by atoms with Crippen molar-refractivity contribution in [3.8, 4) is 0 Å². The van der Waals surface area contributed by atoms with Crippen molar-refractivity contribution in [2.75, 3.05) is 45.9 Å². The van der Waals surface area contributed by atoms with Gasteiger partial charge in [-0.05, 0) is 18.1 Å². The molecule has 7 nitrogen and oxygen atoms in total. The molecule has 29 heavy (non-hydrogen) atoms. The predicted octanol–water partition coefficient (Wildman–Crippen LogP) is 3.09. The zero-order valence-electron chi connectivity index (χ0n) is 17.2. The van der Waals surface area contributed by atoms with Gasteiger partial charge in [0.05, 0.1) is 31.7 Å². The number of ether oxygens (including phenoxy) is 1. The molecule has 0 atom stereocenters. The number of morpholine rings is 1. The second-order valence-electron chi connectivity index (χ2n) is 7.12. The Morgan fingerprint density at radius 2 is 2.07 bits per heavy atom. The van der Waals surface area contributed by atoms with Gasteiger partial charge in [0.1, 0.15) is 10.8 Å². The molecule has 0 radical (unpaired) electrons. The largest absolute Gasteiger partial charge is 0.469 e. The monoisotopic (exact) mass is 533 g/mol. The summed E-state index contributed by atoms with van der Waals surface area (Å²) in [7, 11) is 0. The standard InChI is InChI=1S/C20H31N5O2S.HI/c1-16(2)18-15-28-19(24-18)14-23-20(21-6-5-17-4-3-11-27-17)22-7-8-25-9-12-26-13-10-25;/h3-4,11,15-16H,5-10,12-14H2,1-2H3,(H2,21,22,23);1H. The average Bonchev–Trinajstić information content (AvgIpc) is 3.38. The number of aliphatic imine (C=N–C) groups is 1. The normalized spacial score (nSPS) is 15.3. The number of thiazole rings is 1. The molecule has 0 aliphatic carbocycles. The van der Waals surface area contributed by atoms with Crippen LogP contribution in [0.15, 0.2) is 33.2 Å². The molecule has 0 aromatic carbocycles. The molecule has 0 unspecified atom stereocenters. The molecule has 162 valence electrons. The van der Waals surface area contributed by atoms with E-state index in [4.69, 9.17) is 14.1 Å². The third kappa shape index (κ3) is 8.61. The number of hydrogen-bond acceptors (Lipinski definition) is 6. The van der Waals surface area contributed by atoms with Crippen LogP contribution in [0.4, 0.5) is 0 Å². The highest BCUT2D eigenvalue weighted by Crippen LogP contribution is 2.18. The highest BCUT2D eigenvalue weighted by Gasteiger charge is 2.10. The zero-order chi connectivity index (χ0) is 19.6. The minimum Gasteiger partial charge on any atom is -0.469 e. The molecule has 9 heteroatoms. The number of rotatable bonds is 9. The lowest BCUT2D eigenvalue weighted by Gasteiger charge is -2.26. The molecule has 0 spiro atoms. The summed E-state index contributed by atoms with van der Waals surface area (Å²) in [4.78, 5) is 11.8. The smallest absolute Gasteiger partial charge is 0.191 e. The van der Waals surface area contributed by atoms with Gasteiger partial charge in [-0.3, -0.25) is 4.90 Å². The lowest BCUT2D eigenvalue weighted by atomic mass is 10.2. The average molecular weight is 533 g/mol. The maximum Gasteiger partial charge on any atom is 0.191 e. The summed E-state index contributed by atoms with van der Waals surface area (Å²) >= 11 is 1.68. The van der Waals surface area contributed by atoms with Gasteiger partial charge in [-0.2, -0.15) is 0 Å². The highest BCUT2D eigenvalue weighted by atomic mass is 127. The Hall–Kier alpha value is -1.17. The maximum atomic E-state index is 5.41. The molecule has 1 fully saturated rings. The zero-order valence-corrected chi connectivity index (χ0v) is 20.4. The fourth-order valence-corrected chi connectivity index (χ4v) is 3.78. The van der Waals surface area contributed by atoms with Crippen LogP contribution in [0.3, 0.4) is 0 Å². The van der Waals surface area contributed by atoms with E-state index in [1.54, 1.807) is 17.6 Å². The van der Waals surface area contributed by atoms with Crippen LogP contribution < -0.4 is 10.6 Å². The van der Waals surface area contributed by atoms with Crippen LogP contribution in [0, 0.1) is 0 Å². The van der Waals surface area contributed by atoms with E-state index in [1.807, 2.05) is 12.1 Å². The van der Waals surface area contributed by atoms with Gasteiger partial charge in [-0.1, -0.05) is 13.8 Å². The number of furan rings is 1. The number of nitrogens with zero attached hydrogens (tertiary/aromatic N) is 3. The van der Waals surface area contributed by atoms with Crippen LogP contribution in [0.1, 0.15) is 36.2 Å². The Balaban J connectivity index is 0.00000300. The summed E-state index contributed by atoms with van der Waals surface area (Å²) in [6.07, 6.45) is 2.53. The third-order valence-electron chi connectivity index (χ3n) is 4.60. The van der Waals surface area contributed by atoms with Crippen molar-refractivity contribution in [1.82, 2.24) is 20.5 Å². The third-order valence-corrected chi connectivity index (χ3v) is 5.45. The van der Waals surface area contributed by atoms with Crippen LogP contribution >= 0.6 is 35.3 Å². The molecule has 2 N–H and O–H groups in total. The van der Waals surface area contributed by atoms with E-state index in [2.05, 4.69) is 39.7 Å². The number of hydrogen-bond donors (Lipinski definition) is 2. The molecular weight excluding hydrogens is 501 g/mol. The summed E-state index contributed by atoms with van der Waals surface area (Å²) in [6, 6.07) is 3.91. The molecule has 0 amide bonds. The second kappa shape index (κ2) is 13.2. The van der Waals surface area contributed by atoms with Gasteiger partial charge in [-0.15, -0.1) is 35.3 Å². The van der Waals surface area contributed by atoms with Crippen LogP contribution in [0.25, 0.3) is 0 Å². The van der Waals surface area contributed by atoms with Crippen molar-refractivity contribution in [2.24, 2.45) is 4.99 Å². The first-order valence-electron chi connectivity index (χ1n) is 9.99. The van der Waals surface area contributed by atoms with Gasteiger partial charge in [0, 0.05) is 44.5 Å². The van der Waals surface area contributed by atoms with E-state index in [0.29, 0.717) is 12.5 Å². The fraction of sp³-hybridized carbons (Fsp3) is 0.600. The van der Waals surface area contributed by atoms with E-state index in [-0.39, 0.29) is 24.0 Å². The molecule has 2 aromatic heterocycles. The highest BCUT2D eigenvalue weighted by molar-refractivity contribution is 14.0. The van der Waals surface area contributed by atoms with Gasteiger partial charge < -0.3 is 19.8 Å². The Morgan fingerprint density at radius 1 is 1.28 bits per heavy atom. The van der Waals surface area contributed by atoms with Crippen molar-refractivity contribution in [1.29, 1.82) is 0 Å². The van der Waals surface area contributed by atoms with Gasteiger partial charge in [0.25, 0.3) is 0 Å². The predicted molar refractivity (Wildman–Crippen MR) is 128 cm³/mol. The Kier molecular flexibility index (Phi) is 11.0. The molecule has 2 aromatic rings. The van der Waals surface area contributed by atoms with Crippen molar-refractivity contribution >= 4 is 41.3 Å². The van der Waals surface area contributed by atoms with E-state index >= 15 is 0 Å².